The van der Waals surface area contributed by atoms with Gasteiger partial charge < -0.3 is 22.9 Å². The van der Waals surface area contributed by atoms with Crippen molar-refractivity contribution in [3.05, 3.63) is 29.3 Å². The SMILES string of the molecule is N=C(N)COc1ccccc1Cl.[Cl-]. The third-order valence-electron chi connectivity index (χ3n) is 1.22. The van der Waals surface area contributed by atoms with Crippen LogP contribution in [-0.4, -0.2) is 12.4 Å². The van der Waals surface area contributed by atoms with Gasteiger partial charge in [-0.3, -0.25) is 5.41 Å². The Morgan fingerprint density at radius 1 is 1.46 bits per heavy atom. The molecule has 1 rings (SSSR count). The zero-order valence-electron chi connectivity index (χ0n) is 6.76. The van der Waals surface area contributed by atoms with Crippen molar-refractivity contribution in [2.75, 3.05) is 6.61 Å². The first-order chi connectivity index (χ1) is 5.70. The molecule has 0 heterocycles. The van der Waals surface area contributed by atoms with E-state index in [1.165, 1.54) is 0 Å². The average molecular weight is 220 g/mol. The highest BCUT2D eigenvalue weighted by Crippen LogP contribution is 2.22. The number of hydrogen-bond acceptors (Lipinski definition) is 2. The van der Waals surface area contributed by atoms with Crippen molar-refractivity contribution in [3.63, 3.8) is 0 Å². The first-order valence-corrected chi connectivity index (χ1v) is 3.78. The van der Waals surface area contributed by atoms with E-state index in [2.05, 4.69) is 0 Å². The van der Waals surface area contributed by atoms with Gasteiger partial charge in [-0.2, -0.15) is 0 Å². The zero-order valence-corrected chi connectivity index (χ0v) is 8.27. The minimum atomic E-state index is -0.0186. The van der Waals surface area contributed by atoms with E-state index in [1.807, 2.05) is 6.07 Å². The van der Waals surface area contributed by atoms with Gasteiger partial charge in [-0.15, -0.1) is 0 Å². The summed E-state index contributed by atoms with van der Waals surface area (Å²) in [4.78, 5) is 0. The number of para-hydroxylation sites is 1. The Balaban J connectivity index is 0.00000144. The number of benzene rings is 1. The number of amidine groups is 1. The van der Waals surface area contributed by atoms with Gasteiger partial charge in [-0.25, -0.2) is 0 Å². The highest BCUT2D eigenvalue weighted by molar-refractivity contribution is 6.32. The Morgan fingerprint density at radius 3 is 2.62 bits per heavy atom. The van der Waals surface area contributed by atoms with Crippen LogP contribution in [0.15, 0.2) is 24.3 Å². The molecule has 0 unspecified atom stereocenters. The molecular formula is C8H9Cl2N2O-. The minimum absolute atomic E-state index is 0. The Labute approximate surface area is 87.8 Å². The Morgan fingerprint density at radius 2 is 2.08 bits per heavy atom. The summed E-state index contributed by atoms with van der Waals surface area (Å²) in [6.07, 6.45) is 0. The standard InChI is InChI=1S/C8H9ClN2O.ClH/c9-6-3-1-2-4-7(6)12-5-8(10)11;/h1-4H,5H2,(H3,10,11);1H/p-1. The highest BCUT2D eigenvalue weighted by atomic mass is 35.5. The van der Waals surface area contributed by atoms with E-state index in [9.17, 15) is 0 Å². The van der Waals surface area contributed by atoms with E-state index in [0.29, 0.717) is 10.8 Å². The third-order valence-corrected chi connectivity index (χ3v) is 1.53. The Hall–Kier alpha value is -0.930. The molecule has 0 saturated carbocycles. The fourth-order valence-corrected chi connectivity index (χ4v) is 0.908. The molecule has 5 heteroatoms. The van der Waals surface area contributed by atoms with Gasteiger partial charge >= 0.3 is 0 Å². The van der Waals surface area contributed by atoms with E-state index < -0.39 is 0 Å². The summed E-state index contributed by atoms with van der Waals surface area (Å²) < 4.78 is 5.12. The van der Waals surface area contributed by atoms with Crippen LogP contribution in [0.25, 0.3) is 0 Å². The predicted molar refractivity (Wildman–Crippen MR) is 48.9 cm³/mol. The van der Waals surface area contributed by atoms with Gasteiger partial charge in [-0.05, 0) is 12.1 Å². The van der Waals surface area contributed by atoms with Gasteiger partial charge in [0, 0.05) is 0 Å². The van der Waals surface area contributed by atoms with Crippen LogP contribution in [0, 0.1) is 5.41 Å². The molecule has 13 heavy (non-hydrogen) atoms. The van der Waals surface area contributed by atoms with Gasteiger partial charge in [0.1, 0.15) is 18.2 Å². The smallest absolute Gasteiger partial charge is 0.145 e. The lowest BCUT2D eigenvalue weighted by molar-refractivity contribution is -0.00000305. The molecule has 0 bridgehead atoms. The van der Waals surface area contributed by atoms with Gasteiger partial charge in [-0.1, -0.05) is 23.7 Å². The number of nitrogens with one attached hydrogen (secondary N) is 1. The zero-order chi connectivity index (χ0) is 8.97. The van der Waals surface area contributed by atoms with Gasteiger partial charge in [0.05, 0.1) is 5.02 Å². The van der Waals surface area contributed by atoms with Crippen LogP contribution in [0.5, 0.6) is 5.75 Å². The maximum atomic E-state index is 6.92. The monoisotopic (exact) mass is 219 g/mol. The van der Waals surface area contributed by atoms with E-state index >= 15 is 0 Å². The summed E-state index contributed by atoms with van der Waals surface area (Å²) in [6.45, 7) is 0.0731. The molecule has 1 aromatic carbocycles. The third kappa shape index (κ3) is 4.01. The normalized spacial score (nSPS) is 8.69. The summed E-state index contributed by atoms with van der Waals surface area (Å²) >= 11 is 5.77. The van der Waals surface area contributed by atoms with Gasteiger partial charge in [0.25, 0.3) is 0 Å². The molecule has 3 nitrogen and oxygen atoms in total. The Bertz CT molecular complexity index is 291. The van der Waals surface area contributed by atoms with E-state index in [0.717, 1.165) is 0 Å². The largest absolute Gasteiger partial charge is 1.00 e. The quantitative estimate of drug-likeness (QED) is 0.489. The van der Waals surface area contributed by atoms with Crippen molar-refractivity contribution in [2.24, 2.45) is 5.73 Å². The fourth-order valence-electron chi connectivity index (χ4n) is 0.717. The van der Waals surface area contributed by atoms with Crippen molar-refractivity contribution in [2.45, 2.75) is 0 Å². The van der Waals surface area contributed by atoms with Crippen LogP contribution in [0.2, 0.25) is 5.02 Å². The molecule has 72 valence electrons. The van der Waals surface area contributed by atoms with Crippen LogP contribution in [0.4, 0.5) is 0 Å². The van der Waals surface area contributed by atoms with Crippen molar-refractivity contribution in [3.8, 4) is 5.75 Å². The summed E-state index contributed by atoms with van der Waals surface area (Å²) in [5.41, 5.74) is 5.11. The summed E-state index contributed by atoms with van der Waals surface area (Å²) in [5, 5.41) is 7.45. The van der Waals surface area contributed by atoms with Crippen LogP contribution >= 0.6 is 11.6 Å². The maximum Gasteiger partial charge on any atom is 0.145 e. The molecule has 0 fully saturated rings. The molecule has 0 aliphatic carbocycles. The minimum Gasteiger partial charge on any atom is -1.00 e. The molecular weight excluding hydrogens is 211 g/mol. The number of nitrogens with two attached hydrogens (primary N) is 1. The van der Waals surface area contributed by atoms with Crippen molar-refractivity contribution in [1.29, 1.82) is 5.41 Å². The number of hydrogen-bond donors (Lipinski definition) is 2. The van der Waals surface area contributed by atoms with Crippen LogP contribution in [0.3, 0.4) is 0 Å². The topological polar surface area (TPSA) is 59.1 Å². The highest BCUT2D eigenvalue weighted by Gasteiger charge is 1.98. The molecule has 0 radical (unpaired) electrons. The molecule has 0 aliphatic heterocycles. The number of ether oxygens (including phenoxy) is 1. The van der Waals surface area contributed by atoms with Crippen molar-refractivity contribution in [1.82, 2.24) is 0 Å². The lowest BCUT2D eigenvalue weighted by atomic mass is 10.3. The maximum absolute atomic E-state index is 6.92. The molecule has 3 N–H and O–H groups in total. The van der Waals surface area contributed by atoms with Crippen LogP contribution in [-0.2, 0) is 0 Å². The van der Waals surface area contributed by atoms with E-state index in [-0.39, 0.29) is 24.8 Å². The first kappa shape index (κ1) is 12.1. The predicted octanol–water partition coefficient (Wildman–Crippen LogP) is -1.34. The second-order valence-electron chi connectivity index (χ2n) is 2.24. The van der Waals surface area contributed by atoms with Gasteiger partial charge in [0.15, 0.2) is 0 Å². The lowest BCUT2D eigenvalue weighted by Gasteiger charge is -2.05. The number of halogens is 2. The molecule has 0 spiro atoms. The molecule has 0 aromatic heterocycles. The molecule has 0 saturated heterocycles. The molecule has 0 aliphatic rings. The van der Waals surface area contributed by atoms with E-state index in [1.54, 1.807) is 18.2 Å². The average Bonchev–Trinajstić information content (AvgIpc) is 2.03. The second-order valence-corrected chi connectivity index (χ2v) is 2.65. The van der Waals surface area contributed by atoms with Crippen LogP contribution in [0.1, 0.15) is 0 Å². The summed E-state index contributed by atoms with van der Waals surface area (Å²) in [5.74, 6) is 0.532. The van der Waals surface area contributed by atoms with Crippen molar-refractivity contribution < 1.29 is 17.1 Å². The lowest BCUT2D eigenvalue weighted by Crippen LogP contribution is -3.00. The first-order valence-electron chi connectivity index (χ1n) is 3.40. The summed E-state index contributed by atoms with van der Waals surface area (Å²) in [7, 11) is 0. The van der Waals surface area contributed by atoms with Gasteiger partial charge in [0.2, 0.25) is 0 Å². The molecule has 1 aromatic rings. The van der Waals surface area contributed by atoms with E-state index in [4.69, 9.17) is 27.5 Å². The van der Waals surface area contributed by atoms with Crippen molar-refractivity contribution >= 4 is 17.4 Å². The molecule has 0 amide bonds. The van der Waals surface area contributed by atoms with Crippen LogP contribution < -0.4 is 22.9 Å². The second kappa shape index (κ2) is 5.67. The number of rotatable bonds is 3. The fraction of sp³-hybridized carbons (Fsp3) is 0.125. The Kier molecular flexibility index (Phi) is 5.26. The molecule has 0 atom stereocenters. The summed E-state index contributed by atoms with van der Waals surface area (Å²) in [6, 6.07) is 7.06.